The highest BCUT2D eigenvalue weighted by Crippen LogP contribution is 1.76. The van der Waals surface area contributed by atoms with Crippen molar-refractivity contribution >= 4 is 11.8 Å². The monoisotopic (exact) mass is 317 g/mol. The molecule has 0 rings (SSSR count). The maximum absolute atomic E-state index is 10.3. The van der Waals surface area contributed by atoms with Crippen LogP contribution >= 0.6 is 0 Å². The van der Waals surface area contributed by atoms with Crippen molar-refractivity contribution in [3.63, 3.8) is 0 Å². The van der Waals surface area contributed by atoms with E-state index in [-0.39, 0.29) is 43.6 Å². The minimum absolute atomic E-state index is 0. The van der Waals surface area contributed by atoms with Gasteiger partial charge in [-0.05, 0) is 13.8 Å². The molecule has 0 atom stereocenters. The Bertz CT molecular complexity index is 187. The molecule has 132 valence electrons. The minimum Gasteiger partial charge on any atom is -0.464 e. The van der Waals surface area contributed by atoms with Gasteiger partial charge in [-0.2, -0.15) is 0 Å². The second-order valence-electron chi connectivity index (χ2n) is 2.73. The third kappa shape index (κ3) is 55.1. The van der Waals surface area contributed by atoms with E-state index in [9.17, 15) is 9.59 Å². The number of hydrogen-bond donors (Lipinski definition) is 4. The summed E-state index contributed by atoms with van der Waals surface area (Å²) in [5.74, 6) is 7.62. The van der Waals surface area contributed by atoms with Crippen LogP contribution in [0.2, 0.25) is 0 Å². The molecular formula is C11H31N3O7. The molecule has 9 N–H and O–H groups in total. The highest BCUT2D eigenvalue weighted by molar-refractivity contribution is 5.81. The maximum atomic E-state index is 10.3. The Hall–Kier alpha value is -1.14. The number of aliphatic hydroxyl groups excluding tert-OH is 1. The smallest absolute Gasteiger partial charge is 0.332 e. The molecule has 0 aliphatic carbocycles. The van der Waals surface area contributed by atoms with Gasteiger partial charge in [-0.25, -0.2) is 4.79 Å². The first-order valence-corrected chi connectivity index (χ1v) is 5.83. The number of ether oxygens (including phenoxy) is 3. The predicted octanol–water partition coefficient (Wildman–Crippen LogP) is -2.65. The van der Waals surface area contributed by atoms with Crippen molar-refractivity contribution in [1.29, 1.82) is 0 Å². The van der Waals surface area contributed by atoms with E-state index in [1.165, 1.54) is 14.2 Å². The van der Waals surface area contributed by atoms with Crippen LogP contribution in [-0.4, -0.2) is 69.5 Å². The van der Waals surface area contributed by atoms with Gasteiger partial charge in [-0.1, -0.05) is 0 Å². The first-order chi connectivity index (χ1) is 9.53. The lowest BCUT2D eigenvalue weighted by Gasteiger charge is -1.97. The van der Waals surface area contributed by atoms with E-state index < -0.39 is 0 Å². The van der Waals surface area contributed by atoms with Gasteiger partial charge < -0.3 is 30.5 Å². The molecule has 0 saturated carbocycles. The Morgan fingerprint density at radius 1 is 1.05 bits per heavy atom. The van der Waals surface area contributed by atoms with Gasteiger partial charge in [0.15, 0.2) is 5.78 Å². The van der Waals surface area contributed by atoms with Crippen molar-refractivity contribution in [3.05, 3.63) is 0 Å². The molecule has 0 aliphatic heterocycles. The van der Waals surface area contributed by atoms with Gasteiger partial charge in [0.25, 0.3) is 0 Å². The molecule has 21 heavy (non-hydrogen) atoms. The summed E-state index contributed by atoms with van der Waals surface area (Å²) in [6, 6.07) is 0. The zero-order chi connectivity index (χ0) is 16.8. The molecular weight excluding hydrogens is 286 g/mol. The largest absolute Gasteiger partial charge is 0.464 e. The first kappa shape index (κ1) is 32.0. The Balaban J connectivity index is -0.0000000603. The standard InChI is InChI=1S/C5H10O3.C4H9NO2.C2H6O.H4N2.H2O/c1-3-8-5(6)4-7-2;1-7-3-4(6)2-5;1-2-3;1-2;/h3-4H2,1-2H3;2-3,5H2,1H3;3H,2H2,1H3;1-2H2;1H2. The summed E-state index contributed by atoms with van der Waals surface area (Å²) < 4.78 is 13.5. The van der Waals surface area contributed by atoms with Gasteiger partial charge in [-0.3, -0.25) is 16.5 Å². The van der Waals surface area contributed by atoms with Crippen LogP contribution in [0.4, 0.5) is 0 Å². The van der Waals surface area contributed by atoms with Gasteiger partial charge in [0.05, 0.1) is 13.2 Å². The number of nitrogens with two attached hydrogens (primary N) is 3. The van der Waals surface area contributed by atoms with E-state index in [4.69, 9.17) is 10.8 Å². The van der Waals surface area contributed by atoms with Crippen molar-refractivity contribution in [2.24, 2.45) is 17.4 Å². The molecule has 0 aromatic heterocycles. The third-order valence-corrected chi connectivity index (χ3v) is 1.10. The summed E-state index contributed by atoms with van der Waals surface area (Å²) in [6.07, 6.45) is 0. The topological polar surface area (TPSA) is 192 Å². The van der Waals surface area contributed by atoms with E-state index in [2.05, 4.69) is 25.9 Å². The second kappa shape index (κ2) is 36.4. The number of methoxy groups -OCH3 is 2. The van der Waals surface area contributed by atoms with Crippen molar-refractivity contribution in [1.82, 2.24) is 0 Å². The van der Waals surface area contributed by atoms with Gasteiger partial charge in [0.1, 0.15) is 13.2 Å². The number of hydrogen-bond acceptors (Lipinski definition) is 9. The summed E-state index contributed by atoms with van der Waals surface area (Å²) >= 11 is 0. The normalized spacial score (nSPS) is 7.43. The number of Topliss-reactive ketones (excluding diaryl/α,β-unsaturated/α-hetero) is 1. The number of hydrazine groups is 1. The van der Waals surface area contributed by atoms with E-state index in [0.29, 0.717) is 6.61 Å². The van der Waals surface area contributed by atoms with E-state index in [1.807, 2.05) is 0 Å². The fourth-order valence-corrected chi connectivity index (χ4v) is 0.540. The Kier molecular flexibility index (Phi) is 55.4. The average Bonchev–Trinajstić information content (AvgIpc) is 2.43. The van der Waals surface area contributed by atoms with E-state index >= 15 is 0 Å². The lowest BCUT2D eigenvalue weighted by atomic mass is 10.4. The molecule has 0 aromatic carbocycles. The van der Waals surface area contributed by atoms with Crippen molar-refractivity contribution in [2.45, 2.75) is 13.8 Å². The van der Waals surface area contributed by atoms with Crippen LogP contribution in [0.25, 0.3) is 0 Å². The van der Waals surface area contributed by atoms with Crippen LogP contribution in [0.15, 0.2) is 0 Å². The first-order valence-electron chi connectivity index (χ1n) is 5.83. The summed E-state index contributed by atoms with van der Waals surface area (Å²) in [5.41, 5.74) is 4.93. The summed E-state index contributed by atoms with van der Waals surface area (Å²) in [4.78, 5) is 20.5. The summed E-state index contributed by atoms with van der Waals surface area (Å²) in [5, 5.41) is 7.57. The second-order valence-corrected chi connectivity index (χ2v) is 2.73. The molecule has 0 radical (unpaired) electrons. The zero-order valence-corrected chi connectivity index (χ0v) is 13.3. The van der Waals surface area contributed by atoms with Gasteiger partial charge in [0.2, 0.25) is 0 Å². The average molecular weight is 317 g/mol. The Morgan fingerprint density at radius 2 is 1.43 bits per heavy atom. The lowest BCUT2D eigenvalue weighted by Crippen LogP contribution is -2.17. The zero-order valence-electron chi connectivity index (χ0n) is 13.3. The molecule has 0 heterocycles. The SMILES string of the molecule is CCO.CCOC(=O)COC.COCC(=O)CN.NN.O. The fourth-order valence-electron chi connectivity index (χ4n) is 0.540. The molecule has 10 heteroatoms. The molecule has 0 amide bonds. The molecule has 0 spiro atoms. The number of ketones is 1. The quantitative estimate of drug-likeness (QED) is 0.230. The molecule has 0 aliphatic rings. The molecule has 0 aromatic rings. The van der Waals surface area contributed by atoms with Crippen LogP contribution in [0.3, 0.4) is 0 Å². The van der Waals surface area contributed by atoms with Crippen LogP contribution in [0, 0.1) is 0 Å². The van der Waals surface area contributed by atoms with Crippen LogP contribution in [0.1, 0.15) is 13.8 Å². The van der Waals surface area contributed by atoms with Gasteiger partial charge in [-0.15, -0.1) is 0 Å². The highest BCUT2D eigenvalue weighted by Gasteiger charge is 1.96. The van der Waals surface area contributed by atoms with E-state index in [1.54, 1.807) is 13.8 Å². The van der Waals surface area contributed by atoms with Gasteiger partial charge >= 0.3 is 5.97 Å². The van der Waals surface area contributed by atoms with Crippen molar-refractivity contribution < 1.29 is 34.4 Å². The number of esters is 1. The van der Waals surface area contributed by atoms with Crippen molar-refractivity contribution in [3.8, 4) is 0 Å². The van der Waals surface area contributed by atoms with Crippen molar-refractivity contribution in [2.75, 3.05) is 47.2 Å². The van der Waals surface area contributed by atoms with Crippen LogP contribution in [-0.2, 0) is 23.8 Å². The molecule has 0 unspecified atom stereocenters. The number of carbonyl (C=O) groups excluding carboxylic acids is 2. The number of aliphatic hydroxyl groups is 1. The van der Waals surface area contributed by atoms with Crippen LogP contribution in [0.5, 0.6) is 0 Å². The molecule has 0 fully saturated rings. The Labute approximate surface area is 125 Å². The third-order valence-electron chi connectivity index (χ3n) is 1.10. The number of carbonyl (C=O) groups is 2. The van der Waals surface area contributed by atoms with Gasteiger partial charge in [0, 0.05) is 20.8 Å². The molecule has 0 bridgehead atoms. The molecule has 0 saturated heterocycles. The van der Waals surface area contributed by atoms with Crippen LogP contribution < -0.4 is 17.4 Å². The predicted molar refractivity (Wildman–Crippen MR) is 79.2 cm³/mol. The lowest BCUT2D eigenvalue weighted by molar-refractivity contribution is -0.147. The fraction of sp³-hybridized carbons (Fsp3) is 0.818. The highest BCUT2D eigenvalue weighted by atomic mass is 16.6. The molecule has 10 nitrogen and oxygen atoms in total. The number of rotatable bonds is 6. The summed E-state index contributed by atoms with van der Waals surface area (Å²) in [6.45, 7) is 4.37. The summed E-state index contributed by atoms with van der Waals surface area (Å²) in [7, 11) is 2.92. The van der Waals surface area contributed by atoms with E-state index in [0.717, 1.165) is 0 Å². The minimum atomic E-state index is -0.310. The Morgan fingerprint density at radius 3 is 1.62 bits per heavy atom. The maximum Gasteiger partial charge on any atom is 0.332 e.